The van der Waals surface area contributed by atoms with E-state index < -0.39 is 0 Å². The fourth-order valence-electron chi connectivity index (χ4n) is 2.75. The fourth-order valence-corrected chi connectivity index (χ4v) is 3.48. The van der Waals surface area contributed by atoms with Gasteiger partial charge in [-0.1, -0.05) is 17.7 Å². The molecule has 1 aromatic heterocycles. The van der Waals surface area contributed by atoms with Crippen molar-refractivity contribution >= 4 is 22.4 Å². The van der Waals surface area contributed by atoms with Crippen molar-refractivity contribution in [3.05, 3.63) is 59.0 Å². The van der Waals surface area contributed by atoms with Crippen LogP contribution < -0.4 is 14.8 Å². The van der Waals surface area contributed by atoms with Crippen LogP contribution in [0.25, 0.3) is 11.3 Å². The van der Waals surface area contributed by atoms with Crippen LogP contribution in [0, 0.1) is 6.92 Å². The minimum atomic E-state index is -0.228. The Morgan fingerprint density at radius 1 is 1.27 bits per heavy atom. The SMILES string of the molecule is Cc1ccc(OCC(=O)Nc2nc(-c3ccc4c(c3)CCO4)cs2)cc1. The monoisotopic (exact) mass is 366 g/mol. The van der Waals surface area contributed by atoms with E-state index in [-0.39, 0.29) is 12.5 Å². The molecule has 132 valence electrons. The maximum atomic E-state index is 12.1. The van der Waals surface area contributed by atoms with Crippen molar-refractivity contribution in [3.63, 3.8) is 0 Å². The summed E-state index contributed by atoms with van der Waals surface area (Å²) in [5.74, 6) is 1.39. The summed E-state index contributed by atoms with van der Waals surface area (Å²) < 4.78 is 11.0. The van der Waals surface area contributed by atoms with Crippen molar-refractivity contribution in [2.75, 3.05) is 18.5 Å². The minimum absolute atomic E-state index is 0.0475. The van der Waals surface area contributed by atoms with Gasteiger partial charge in [0.2, 0.25) is 0 Å². The maximum absolute atomic E-state index is 12.1. The number of thiazole rings is 1. The molecule has 1 amide bonds. The number of fused-ring (bicyclic) bond motifs is 1. The quantitative estimate of drug-likeness (QED) is 0.739. The van der Waals surface area contributed by atoms with Crippen molar-refractivity contribution in [3.8, 4) is 22.8 Å². The predicted octanol–water partition coefficient (Wildman–Crippen LogP) is 4.07. The molecule has 26 heavy (non-hydrogen) atoms. The Labute approximate surface area is 155 Å². The van der Waals surface area contributed by atoms with Crippen molar-refractivity contribution in [2.24, 2.45) is 0 Å². The van der Waals surface area contributed by atoms with Crippen molar-refractivity contribution < 1.29 is 14.3 Å². The highest BCUT2D eigenvalue weighted by Crippen LogP contribution is 2.31. The number of nitrogens with zero attached hydrogens (tertiary/aromatic N) is 1. The van der Waals surface area contributed by atoms with E-state index in [9.17, 15) is 4.79 Å². The van der Waals surface area contributed by atoms with Crippen LogP contribution in [0.2, 0.25) is 0 Å². The highest BCUT2D eigenvalue weighted by atomic mass is 32.1. The molecule has 0 saturated heterocycles. The number of anilines is 1. The molecule has 0 bridgehead atoms. The summed E-state index contributed by atoms with van der Waals surface area (Å²) in [5.41, 5.74) is 4.23. The van der Waals surface area contributed by atoms with Gasteiger partial charge in [0.1, 0.15) is 11.5 Å². The first kappa shape index (κ1) is 16.6. The van der Waals surface area contributed by atoms with Crippen LogP contribution in [-0.4, -0.2) is 24.1 Å². The molecule has 6 heteroatoms. The lowest BCUT2D eigenvalue weighted by molar-refractivity contribution is -0.118. The van der Waals surface area contributed by atoms with Gasteiger partial charge >= 0.3 is 0 Å². The topological polar surface area (TPSA) is 60.5 Å². The van der Waals surface area contributed by atoms with E-state index >= 15 is 0 Å². The number of rotatable bonds is 5. The molecule has 0 radical (unpaired) electrons. The van der Waals surface area contributed by atoms with E-state index in [2.05, 4.69) is 16.4 Å². The molecule has 5 nitrogen and oxygen atoms in total. The van der Waals surface area contributed by atoms with Gasteiger partial charge in [0.05, 0.1) is 12.3 Å². The Morgan fingerprint density at radius 2 is 2.12 bits per heavy atom. The smallest absolute Gasteiger partial charge is 0.264 e. The Morgan fingerprint density at radius 3 is 2.96 bits per heavy atom. The molecule has 2 aromatic carbocycles. The number of hydrogen-bond donors (Lipinski definition) is 1. The van der Waals surface area contributed by atoms with Gasteiger partial charge in [-0.2, -0.15) is 0 Å². The van der Waals surface area contributed by atoms with Crippen molar-refractivity contribution in [2.45, 2.75) is 13.3 Å². The summed E-state index contributed by atoms with van der Waals surface area (Å²) in [6.07, 6.45) is 0.924. The molecule has 1 N–H and O–H groups in total. The second-order valence-corrected chi connectivity index (χ2v) is 6.97. The Balaban J connectivity index is 1.37. The fraction of sp³-hybridized carbons (Fsp3) is 0.200. The molecule has 0 saturated carbocycles. The number of aryl methyl sites for hydroxylation is 1. The van der Waals surface area contributed by atoms with E-state index in [1.165, 1.54) is 16.9 Å². The second-order valence-electron chi connectivity index (χ2n) is 6.11. The largest absolute Gasteiger partial charge is 0.493 e. The molecule has 2 heterocycles. The summed E-state index contributed by atoms with van der Waals surface area (Å²) in [5, 5.41) is 5.29. The number of carbonyl (C=O) groups excluding carboxylic acids is 1. The standard InChI is InChI=1S/C20H18N2O3S/c1-13-2-5-16(6-3-13)25-11-19(23)22-20-21-17(12-26-20)14-4-7-18-15(10-14)8-9-24-18/h2-7,10,12H,8-9,11H2,1H3,(H,21,22,23). The van der Waals surface area contributed by atoms with Gasteiger partial charge in [-0.25, -0.2) is 4.98 Å². The predicted molar refractivity (Wildman–Crippen MR) is 102 cm³/mol. The third kappa shape index (κ3) is 3.70. The Hall–Kier alpha value is -2.86. The van der Waals surface area contributed by atoms with E-state index in [1.807, 2.05) is 48.7 Å². The average Bonchev–Trinajstić information content (AvgIpc) is 3.29. The van der Waals surface area contributed by atoms with Gasteiger partial charge in [-0.15, -0.1) is 11.3 Å². The van der Waals surface area contributed by atoms with Crippen LogP contribution in [-0.2, 0) is 11.2 Å². The van der Waals surface area contributed by atoms with Crippen LogP contribution in [0.4, 0.5) is 5.13 Å². The third-order valence-electron chi connectivity index (χ3n) is 4.13. The number of nitrogens with one attached hydrogen (secondary N) is 1. The molecule has 0 aliphatic carbocycles. The van der Waals surface area contributed by atoms with E-state index in [1.54, 1.807) is 0 Å². The van der Waals surface area contributed by atoms with Gasteiger partial charge in [-0.05, 0) is 42.8 Å². The summed E-state index contributed by atoms with van der Waals surface area (Å²) in [6, 6.07) is 13.7. The van der Waals surface area contributed by atoms with Gasteiger partial charge in [0, 0.05) is 17.4 Å². The number of amides is 1. The molecule has 0 fully saturated rings. The van der Waals surface area contributed by atoms with Gasteiger partial charge < -0.3 is 9.47 Å². The Kier molecular flexibility index (Phi) is 4.58. The number of benzene rings is 2. The first-order valence-electron chi connectivity index (χ1n) is 8.38. The lowest BCUT2D eigenvalue weighted by atomic mass is 10.1. The summed E-state index contributed by atoms with van der Waals surface area (Å²) >= 11 is 1.40. The zero-order valence-corrected chi connectivity index (χ0v) is 15.1. The number of ether oxygens (including phenoxy) is 2. The zero-order valence-electron chi connectivity index (χ0n) is 14.3. The minimum Gasteiger partial charge on any atom is -0.493 e. The molecule has 0 unspecified atom stereocenters. The summed E-state index contributed by atoms with van der Waals surface area (Å²) in [4.78, 5) is 16.6. The maximum Gasteiger partial charge on any atom is 0.264 e. The molecule has 1 aliphatic rings. The molecule has 0 spiro atoms. The Bertz CT molecular complexity index is 934. The normalized spacial score (nSPS) is 12.3. The second kappa shape index (κ2) is 7.17. The van der Waals surface area contributed by atoms with Crippen LogP contribution >= 0.6 is 11.3 Å². The first-order chi connectivity index (χ1) is 12.7. The molecule has 0 atom stereocenters. The van der Waals surface area contributed by atoms with Crippen molar-refractivity contribution in [1.82, 2.24) is 4.98 Å². The van der Waals surface area contributed by atoms with Crippen LogP contribution in [0.15, 0.2) is 47.8 Å². The highest BCUT2D eigenvalue weighted by molar-refractivity contribution is 7.14. The van der Waals surface area contributed by atoms with Crippen LogP contribution in [0.5, 0.6) is 11.5 Å². The molecular formula is C20H18N2O3S. The molecule has 4 rings (SSSR count). The lowest BCUT2D eigenvalue weighted by Gasteiger charge is -2.06. The van der Waals surface area contributed by atoms with E-state index in [4.69, 9.17) is 9.47 Å². The van der Waals surface area contributed by atoms with Crippen molar-refractivity contribution in [1.29, 1.82) is 0 Å². The molecule has 3 aromatic rings. The number of hydrogen-bond acceptors (Lipinski definition) is 5. The van der Waals surface area contributed by atoms with E-state index in [0.717, 1.165) is 35.6 Å². The molecular weight excluding hydrogens is 348 g/mol. The van der Waals surface area contributed by atoms with Gasteiger partial charge in [0.25, 0.3) is 5.91 Å². The zero-order chi connectivity index (χ0) is 17.9. The van der Waals surface area contributed by atoms with Gasteiger partial charge in [0.15, 0.2) is 11.7 Å². The van der Waals surface area contributed by atoms with E-state index in [0.29, 0.717) is 10.9 Å². The average molecular weight is 366 g/mol. The third-order valence-corrected chi connectivity index (χ3v) is 4.88. The van der Waals surface area contributed by atoms with Crippen LogP contribution in [0.1, 0.15) is 11.1 Å². The van der Waals surface area contributed by atoms with Crippen LogP contribution in [0.3, 0.4) is 0 Å². The highest BCUT2D eigenvalue weighted by Gasteiger charge is 2.14. The number of carbonyl (C=O) groups is 1. The summed E-state index contributed by atoms with van der Waals surface area (Å²) in [7, 11) is 0. The lowest BCUT2D eigenvalue weighted by Crippen LogP contribution is -2.20. The molecule has 1 aliphatic heterocycles. The summed E-state index contributed by atoms with van der Waals surface area (Å²) in [6.45, 7) is 2.69. The number of aromatic nitrogens is 1. The first-order valence-corrected chi connectivity index (χ1v) is 9.26. The van der Waals surface area contributed by atoms with Gasteiger partial charge in [-0.3, -0.25) is 10.1 Å².